The van der Waals surface area contributed by atoms with Gasteiger partial charge >= 0.3 is 6.18 Å². The Morgan fingerprint density at radius 2 is 2.12 bits per heavy atom. The Morgan fingerprint density at radius 1 is 1.42 bits per heavy atom. The van der Waals surface area contributed by atoms with Gasteiger partial charge in [0.2, 0.25) is 0 Å². The average molecular weight is 344 g/mol. The van der Waals surface area contributed by atoms with Crippen molar-refractivity contribution in [1.29, 1.82) is 0 Å². The first-order valence-electron chi connectivity index (χ1n) is 7.49. The number of allylic oxidation sites excluding steroid dienone is 1. The third-order valence-electron chi connectivity index (χ3n) is 3.71. The number of nitrogens with zero attached hydrogens (tertiary/aromatic N) is 1. The van der Waals surface area contributed by atoms with Gasteiger partial charge in [0.15, 0.2) is 0 Å². The topological polar surface area (TPSA) is 61.8 Å². The van der Waals surface area contributed by atoms with Crippen LogP contribution in [0.4, 0.5) is 13.2 Å². The lowest BCUT2D eigenvalue weighted by Crippen LogP contribution is -2.60. The first-order valence-corrected chi connectivity index (χ1v) is 7.49. The summed E-state index contributed by atoms with van der Waals surface area (Å²) in [6, 6.07) is 5.72. The molecule has 132 valence electrons. The van der Waals surface area contributed by atoms with E-state index < -0.39 is 17.8 Å². The number of ether oxygens (including phenoxy) is 1. The first-order chi connectivity index (χ1) is 11.2. The highest BCUT2D eigenvalue weighted by molar-refractivity contribution is 5.95. The van der Waals surface area contributed by atoms with Gasteiger partial charge in [-0.25, -0.2) is 5.01 Å². The summed E-state index contributed by atoms with van der Waals surface area (Å²) in [5.74, 6) is -0.675. The molecule has 1 aliphatic rings. The number of halogens is 3. The van der Waals surface area contributed by atoms with Gasteiger partial charge in [0.05, 0.1) is 7.11 Å². The van der Waals surface area contributed by atoms with Crippen LogP contribution >= 0.6 is 0 Å². The van der Waals surface area contributed by atoms with Crippen LogP contribution in [-0.4, -0.2) is 35.0 Å². The third kappa shape index (κ3) is 3.33. The van der Waals surface area contributed by atoms with Crippen molar-refractivity contribution in [2.75, 3.05) is 7.11 Å². The lowest BCUT2D eigenvalue weighted by atomic mass is 10.1. The Morgan fingerprint density at radius 3 is 2.71 bits per heavy atom. The molecular formula is C16H19F3N2O3. The van der Waals surface area contributed by atoms with Crippen molar-refractivity contribution in [2.45, 2.75) is 38.1 Å². The molecule has 0 spiro atoms. The minimum absolute atomic E-state index is 0.0327. The molecule has 1 aromatic rings. The number of hydrazine groups is 1. The van der Waals surface area contributed by atoms with Crippen LogP contribution in [0.2, 0.25) is 0 Å². The maximum atomic E-state index is 13.4. The van der Waals surface area contributed by atoms with Crippen molar-refractivity contribution in [2.24, 2.45) is 0 Å². The maximum Gasteiger partial charge on any atom is 0.442 e. The second-order valence-corrected chi connectivity index (χ2v) is 5.48. The fourth-order valence-electron chi connectivity index (χ4n) is 2.36. The lowest BCUT2D eigenvalue weighted by molar-refractivity contribution is -0.283. The predicted octanol–water partition coefficient (Wildman–Crippen LogP) is 2.98. The van der Waals surface area contributed by atoms with Crippen molar-refractivity contribution in [3.05, 3.63) is 41.6 Å². The summed E-state index contributed by atoms with van der Waals surface area (Å²) in [5, 5.41) is 10.3. The molecule has 0 bridgehead atoms. The standard InChI is InChI=1S/C16H19F3N2O3/c1-3-4-7-12-10-15(23,16(17,18)19)21(20-12)14(22)11-6-5-8-13(9-11)24-2/h5-6,8-10,20,23H,3-4,7H2,1-2H3/t15-/m0/s1. The van der Waals surface area contributed by atoms with Gasteiger partial charge in [-0.1, -0.05) is 19.4 Å². The van der Waals surface area contributed by atoms with Gasteiger partial charge in [-0.05, 0) is 37.1 Å². The smallest absolute Gasteiger partial charge is 0.442 e. The highest BCUT2D eigenvalue weighted by atomic mass is 19.4. The summed E-state index contributed by atoms with van der Waals surface area (Å²) >= 11 is 0. The highest BCUT2D eigenvalue weighted by Gasteiger charge is 2.61. The van der Waals surface area contributed by atoms with Gasteiger partial charge in [-0.2, -0.15) is 13.2 Å². The molecule has 5 nitrogen and oxygen atoms in total. The minimum Gasteiger partial charge on any atom is -0.497 e. The molecule has 0 saturated heterocycles. The predicted molar refractivity (Wildman–Crippen MR) is 80.9 cm³/mol. The quantitative estimate of drug-likeness (QED) is 0.862. The number of aliphatic hydroxyl groups is 1. The Labute approximate surface area is 137 Å². The van der Waals surface area contributed by atoms with E-state index in [0.29, 0.717) is 24.7 Å². The zero-order chi connectivity index (χ0) is 18.0. The number of methoxy groups -OCH3 is 1. The van der Waals surface area contributed by atoms with Crippen molar-refractivity contribution in [1.82, 2.24) is 10.4 Å². The fraction of sp³-hybridized carbons (Fsp3) is 0.438. The van der Waals surface area contributed by atoms with Crippen LogP contribution in [-0.2, 0) is 0 Å². The van der Waals surface area contributed by atoms with Gasteiger partial charge in [0.1, 0.15) is 5.75 Å². The van der Waals surface area contributed by atoms with Gasteiger partial charge in [-0.15, -0.1) is 0 Å². The van der Waals surface area contributed by atoms with E-state index in [1.165, 1.54) is 25.3 Å². The Bertz CT molecular complexity index is 646. The number of benzene rings is 1. The number of amides is 1. The van der Waals surface area contributed by atoms with Gasteiger partial charge < -0.3 is 9.84 Å². The number of rotatable bonds is 5. The van der Waals surface area contributed by atoms with E-state index in [1.54, 1.807) is 6.07 Å². The molecule has 1 atom stereocenters. The Kier molecular flexibility index (Phi) is 5.08. The summed E-state index contributed by atoms with van der Waals surface area (Å²) in [7, 11) is 1.38. The summed E-state index contributed by atoms with van der Waals surface area (Å²) in [4.78, 5) is 12.5. The molecule has 2 N–H and O–H groups in total. The van der Waals surface area contributed by atoms with Crippen LogP contribution in [0.3, 0.4) is 0 Å². The lowest BCUT2D eigenvalue weighted by Gasteiger charge is -2.33. The molecule has 24 heavy (non-hydrogen) atoms. The van der Waals surface area contributed by atoms with E-state index >= 15 is 0 Å². The molecule has 0 aliphatic carbocycles. The number of carbonyl (C=O) groups excluding carboxylic acids is 1. The first kappa shape index (κ1) is 18.1. The van der Waals surface area contributed by atoms with Crippen molar-refractivity contribution in [3.63, 3.8) is 0 Å². The number of carbonyl (C=O) groups is 1. The summed E-state index contributed by atoms with van der Waals surface area (Å²) < 4.78 is 45.0. The molecule has 2 rings (SSSR count). The summed E-state index contributed by atoms with van der Waals surface area (Å²) in [6.07, 6.45) is -2.68. The normalized spacial score (nSPS) is 20.6. The van der Waals surface area contributed by atoms with Crippen LogP contribution in [0.1, 0.15) is 36.5 Å². The molecule has 1 aliphatic heterocycles. The van der Waals surface area contributed by atoms with E-state index in [2.05, 4.69) is 5.43 Å². The van der Waals surface area contributed by atoms with Crippen LogP contribution in [0.15, 0.2) is 36.0 Å². The molecule has 1 amide bonds. The number of nitrogens with one attached hydrogen (secondary N) is 1. The SMILES string of the molecule is CCCCC1=C[C@](O)(C(F)(F)F)N(C(=O)c2cccc(OC)c2)N1. The van der Waals surface area contributed by atoms with Crippen molar-refractivity contribution < 1.29 is 27.8 Å². The molecule has 0 radical (unpaired) electrons. The van der Waals surface area contributed by atoms with E-state index in [9.17, 15) is 23.1 Å². The largest absolute Gasteiger partial charge is 0.497 e. The van der Waals surface area contributed by atoms with Crippen molar-refractivity contribution in [3.8, 4) is 5.75 Å². The zero-order valence-electron chi connectivity index (χ0n) is 13.4. The number of alkyl halides is 3. The van der Waals surface area contributed by atoms with Gasteiger partial charge in [0, 0.05) is 11.3 Å². The molecule has 0 saturated carbocycles. The molecule has 1 aromatic carbocycles. The molecule has 0 unspecified atom stereocenters. The minimum atomic E-state index is -5.04. The van der Waals surface area contributed by atoms with E-state index in [4.69, 9.17) is 4.74 Å². The molecule has 0 fully saturated rings. The fourth-order valence-corrected chi connectivity index (χ4v) is 2.36. The molecule has 1 heterocycles. The number of hydrogen-bond acceptors (Lipinski definition) is 4. The Hall–Kier alpha value is -2.22. The number of unbranched alkanes of at least 4 members (excludes halogenated alkanes) is 1. The highest BCUT2D eigenvalue weighted by Crippen LogP contribution is 2.39. The zero-order valence-corrected chi connectivity index (χ0v) is 13.4. The van der Waals surface area contributed by atoms with Gasteiger partial charge in [-0.3, -0.25) is 10.2 Å². The second-order valence-electron chi connectivity index (χ2n) is 5.48. The maximum absolute atomic E-state index is 13.4. The van der Waals surface area contributed by atoms with E-state index in [0.717, 1.165) is 6.42 Å². The molecule has 0 aromatic heterocycles. The van der Waals surface area contributed by atoms with Crippen LogP contribution < -0.4 is 10.2 Å². The monoisotopic (exact) mass is 344 g/mol. The van der Waals surface area contributed by atoms with Crippen molar-refractivity contribution >= 4 is 5.91 Å². The Balaban J connectivity index is 2.35. The summed E-state index contributed by atoms with van der Waals surface area (Å²) in [5.41, 5.74) is -0.873. The molecular weight excluding hydrogens is 325 g/mol. The van der Waals surface area contributed by atoms with Crippen LogP contribution in [0.5, 0.6) is 5.75 Å². The van der Waals surface area contributed by atoms with E-state index in [-0.39, 0.29) is 16.3 Å². The second kappa shape index (κ2) is 6.72. The average Bonchev–Trinajstić information content (AvgIpc) is 2.90. The third-order valence-corrected chi connectivity index (χ3v) is 3.71. The molecule has 8 heteroatoms. The van der Waals surface area contributed by atoms with Crippen LogP contribution in [0.25, 0.3) is 0 Å². The summed E-state index contributed by atoms with van der Waals surface area (Å²) in [6.45, 7) is 1.89. The number of hydrogen-bond donors (Lipinski definition) is 2. The van der Waals surface area contributed by atoms with E-state index in [1.807, 2.05) is 6.92 Å². The van der Waals surface area contributed by atoms with Gasteiger partial charge in [0.25, 0.3) is 11.6 Å². The van der Waals surface area contributed by atoms with Crippen LogP contribution in [0, 0.1) is 0 Å².